The number of para-hydroxylation sites is 1. The van der Waals surface area contributed by atoms with Gasteiger partial charge >= 0.3 is 0 Å². The van der Waals surface area contributed by atoms with E-state index >= 15 is 0 Å². The number of aromatic nitrogens is 1. The number of thioether (sulfide) groups is 1. The van der Waals surface area contributed by atoms with Gasteiger partial charge in [0.15, 0.2) is 0 Å². The smallest absolute Gasteiger partial charge is 0.0942 e. The van der Waals surface area contributed by atoms with E-state index in [-0.39, 0.29) is 0 Å². The van der Waals surface area contributed by atoms with Crippen molar-refractivity contribution in [1.82, 2.24) is 9.88 Å². The van der Waals surface area contributed by atoms with E-state index in [1.807, 2.05) is 30.1 Å². The van der Waals surface area contributed by atoms with Crippen LogP contribution < -0.4 is 5.73 Å². The molecule has 0 saturated carbocycles. The molecule has 4 heteroatoms. The van der Waals surface area contributed by atoms with Crippen molar-refractivity contribution >= 4 is 28.4 Å². The van der Waals surface area contributed by atoms with Crippen molar-refractivity contribution < 1.29 is 0 Å². The Balaban J connectivity index is 2.11. The SMILES string of the molecule is CCN(CC)CCSc1ccnc2c(N)cccc12. The fourth-order valence-electron chi connectivity index (χ4n) is 2.12. The first-order valence-electron chi connectivity index (χ1n) is 6.74. The summed E-state index contributed by atoms with van der Waals surface area (Å²) < 4.78 is 0. The van der Waals surface area contributed by atoms with Crippen LogP contribution in [0, 0.1) is 0 Å². The Morgan fingerprint density at radius 2 is 2.00 bits per heavy atom. The summed E-state index contributed by atoms with van der Waals surface area (Å²) in [5, 5.41) is 1.16. The van der Waals surface area contributed by atoms with Crippen molar-refractivity contribution in [3.05, 3.63) is 30.5 Å². The third-order valence-electron chi connectivity index (χ3n) is 3.32. The van der Waals surface area contributed by atoms with Gasteiger partial charge in [0.25, 0.3) is 0 Å². The van der Waals surface area contributed by atoms with E-state index in [2.05, 4.69) is 35.9 Å². The summed E-state index contributed by atoms with van der Waals surface area (Å²) in [6, 6.07) is 8.07. The number of hydrogen-bond acceptors (Lipinski definition) is 4. The van der Waals surface area contributed by atoms with Gasteiger partial charge in [0.2, 0.25) is 0 Å². The van der Waals surface area contributed by atoms with Crippen molar-refractivity contribution in [2.75, 3.05) is 31.1 Å². The first-order valence-corrected chi connectivity index (χ1v) is 7.73. The maximum atomic E-state index is 5.97. The minimum Gasteiger partial charge on any atom is -0.397 e. The van der Waals surface area contributed by atoms with Crippen LogP contribution in [0.1, 0.15) is 13.8 Å². The van der Waals surface area contributed by atoms with Gasteiger partial charge in [-0.15, -0.1) is 11.8 Å². The van der Waals surface area contributed by atoms with Crippen LogP contribution in [0.4, 0.5) is 5.69 Å². The number of fused-ring (bicyclic) bond motifs is 1. The highest BCUT2D eigenvalue weighted by molar-refractivity contribution is 7.99. The Hall–Kier alpha value is -1.26. The Morgan fingerprint density at radius 1 is 1.21 bits per heavy atom. The van der Waals surface area contributed by atoms with Crippen molar-refractivity contribution in [3.63, 3.8) is 0 Å². The van der Waals surface area contributed by atoms with E-state index in [9.17, 15) is 0 Å². The summed E-state index contributed by atoms with van der Waals surface area (Å²) in [7, 11) is 0. The minimum absolute atomic E-state index is 0.753. The predicted octanol–water partition coefficient (Wildman–Crippen LogP) is 3.25. The third-order valence-corrected chi connectivity index (χ3v) is 4.38. The highest BCUT2D eigenvalue weighted by atomic mass is 32.2. The van der Waals surface area contributed by atoms with Crippen molar-refractivity contribution in [2.45, 2.75) is 18.7 Å². The Morgan fingerprint density at radius 3 is 2.74 bits per heavy atom. The van der Waals surface area contributed by atoms with Gasteiger partial charge < -0.3 is 10.6 Å². The van der Waals surface area contributed by atoms with Gasteiger partial charge in [-0.1, -0.05) is 26.0 Å². The fourth-order valence-corrected chi connectivity index (χ4v) is 3.17. The molecule has 0 aliphatic heterocycles. The molecular formula is C15H21N3S. The standard InChI is InChI=1S/C15H21N3S/c1-3-18(4-2)10-11-19-14-8-9-17-15-12(14)6-5-7-13(15)16/h5-9H,3-4,10-11,16H2,1-2H3. The quantitative estimate of drug-likeness (QED) is 0.649. The van der Waals surface area contributed by atoms with Crippen LogP contribution in [0.15, 0.2) is 35.4 Å². The molecule has 0 aliphatic rings. The molecule has 19 heavy (non-hydrogen) atoms. The predicted molar refractivity (Wildman–Crippen MR) is 84.7 cm³/mol. The molecule has 0 atom stereocenters. The van der Waals surface area contributed by atoms with Gasteiger partial charge in [-0.3, -0.25) is 4.98 Å². The zero-order valence-electron chi connectivity index (χ0n) is 11.6. The summed E-state index contributed by atoms with van der Waals surface area (Å²) >= 11 is 1.88. The lowest BCUT2D eigenvalue weighted by atomic mass is 10.2. The molecule has 0 amide bonds. The van der Waals surface area contributed by atoms with Crippen molar-refractivity contribution in [1.29, 1.82) is 0 Å². The molecule has 0 spiro atoms. The lowest BCUT2D eigenvalue weighted by molar-refractivity contribution is 0.324. The zero-order valence-corrected chi connectivity index (χ0v) is 12.4. The molecule has 3 nitrogen and oxygen atoms in total. The molecule has 0 fully saturated rings. The molecule has 0 unspecified atom stereocenters. The Bertz CT molecular complexity index is 538. The molecule has 0 saturated heterocycles. The average molecular weight is 275 g/mol. The number of rotatable bonds is 6. The van der Waals surface area contributed by atoms with E-state index in [4.69, 9.17) is 5.73 Å². The Labute approximate surface area is 119 Å². The number of hydrogen-bond donors (Lipinski definition) is 1. The fraction of sp³-hybridized carbons (Fsp3) is 0.400. The number of anilines is 1. The monoisotopic (exact) mass is 275 g/mol. The normalized spacial score (nSPS) is 11.3. The topological polar surface area (TPSA) is 42.2 Å². The van der Waals surface area contributed by atoms with Gasteiger partial charge in [-0.2, -0.15) is 0 Å². The first-order chi connectivity index (χ1) is 9.26. The number of nitrogens with two attached hydrogens (primary N) is 1. The van der Waals surface area contributed by atoms with Crippen LogP contribution in [0.2, 0.25) is 0 Å². The lowest BCUT2D eigenvalue weighted by Crippen LogP contribution is -2.25. The second-order valence-electron chi connectivity index (χ2n) is 4.43. The number of nitrogens with zero attached hydrogens (tertiary/aromatic N) is 2. The molecule has 102 valence electrons. The first kappa shape index (κ1) is 14.2. The van der Waals surface area contributed by atoms with E-state index in [0.29, 0.717) is 0 Å². The zero-order chi connectivity index (χ0) is 13.7. The van der Waals surface area contributed by atoms with Crippen LogP contribution in [-0.2, 0) is 0 Å². The van der Waals surface area contributed by atoms with Gasteiger partial charge in [-0.05, 0) is 25.2 Å². The van der Waals surface area contributed by atoms with E-state index in [0.717, 1.165) is 42.0 Å². The molecule has 0 aliphatic carbocycles. The largest absolute Gasteiger partial charge is 0.397 e. The van der Waals surface area contributed by atoms with Crippen molar-refractivity contribution in [2.24, 2.45) is 0 Å². The molecule has 2 aromatic rings. The number of benzene rings is 1. The van der Waals surface area contributed by atoms with Gasteiger partial charge in [-0.25, -0.2) is 0 Å². The maximum absolute atomic E-state index is 5.97. The number of pyridine rings is 1. The summed E-state index contributed by atoms with van der Waals surface area (Å²) in [5.74, 6) is 1.09. The highest BCUT2D eigenvalue weighted by Crippen LogP contribution is 2.29. The summed E-state index contributed by atoms with van der Waals surface area (Å²) in [4.78, 5) is 8.07. The van der Waals surface area contributed by atoms with Crippen LogP contribution in [0.3, 0.4) is 0 Å². The van der Waals surface area contributed by atoms with Crippen LogP contribution in [0.5, 0.6) is 0 Å². The maximum Gasteiger partial charge on any atom is 0.0942 e. The molecular weight excluding hydrogens is 254 g/mol. The molecule has 1 aromatic heterocycles. The van der Waals surface area contributed by atoms with Gasteiger partial charge in [0.05, 0.1) is 11.2 Å². The van der Waals surface area contributed by atoms with E-state index < -0.39 is 0 Å². The van der Waals surface area contributed by atoms with E-state index in [1.165, 1.54) is 4.90 Å². The molecule has 0 bridgehead atoms. The van der Waals surface area contributed by atoms with Crippen LogP contribution >= 0.6 is 11.8 Å². The molecule has 2 N–H and O–H groups in total. The molecule has 2 rings (SSSR count). The highest BCUT2D eigenvalue weighted by Gasteiger charge is 2.05. The van der Waals surface area contributed by atoms with E-state index in [1.54, 1.807) is 0 Å². The van der Waals surface area contributed by atoms with Crippen molar-refractivity contribution in [3.8, 4) is 0 Å². The molecule has 1 aromatic carbocycles. The van der Waals surface area contributed by atoms with Crippen LogP contribution in [-0.4, -0.2) is 35.3 Å². The summed E-state index contributed by atoms with van der Waals surface area (Å²) in [5.41, 5.74) is 7.63. The molecule has 1 heterocycles. The molecule has 0 radical (unpaired) electrons. The summed E-state index contributed by atoms with van der Waals surface area (Å²) in [6.07, 6.45) is 1.85. The van der Waals surface area contributed by atoms with Gasteiger partial charge in [0, 0.05) is 28.8 Å². The lowest BCUT2D eigenvalue weighted by Gasteiger charge is -2.17. The second-order valence-corrected chi connectivity index (χ2v) is 5.56. The summed E-state index contributed by atoms with van der Waals surface area (Å²) in [6.45, 7) is 7.75. The number of nitrogen functional groups attached to an aromatic ring is 1. The Kier molecular flexibility index (Phi) is 5.05. The van der Waals surface area contributed by atoms with Crippen LogP contribution in [0.25, 0.3) is 10.9 Å². The average Bonchev–Trinajstić information content (AvgIpc) is 2.44. The third kappa shape index (κ3) is 3.39. The van der Waals surface area contributed by atoms with Gasteiger partial charge in [0.1, 0.15) is 0 Å². The minimum atomic E-state index is 0.753. The second kappa shape index (κ2) is 6.78.